The molecule has 1 aliphatic heterocycles. The van der Waals surface area contributed by atoms with Gasteiger partial charge in [0.25, 0.3) is 0 Å². The number of aliphatic imine (C=N–C) groups is 1. The van der Waals surface area contributed by atoms with Crippen molar-refractivity contribution in [3.05, 3.63) is 41.5 Å². The summed E-state index contributed by atoms with van der Waals surface area (Å²) in [5.41, 5.74) is 1.27. The van der Waals surface area contributed by atoms with Crippen LogP contribution in [0.1, 0.15) is 28.8 Å². The Morgan fingerprint density at radius 1 is 1.09 bits per heavy atom. The highest BCUT2D eigenvalue weighted by molar-refractivity contribution is 6.00. The van der Waals surface area contributed by atoms with Crippen molar-refractivity contribution in [3.8, 4) is 23.0 Å². The fraction of sp³-hybridized carbons (Fsp3) is 0.176. The van der Waals surface area contributed by atoms with Gasteiger partial charge in [-0.1, -0.05) is 0 Å². The Morgan fingerprint density at radius 3 is 2.74 bits per heavy atom. The van der Waals surface area contributed by atoms with E-state index in [4.69, 9.17) is 4.74 Å². The van der Waals surface area contributed by atoms with Gasteiger partial charge in [0.1, 0.15) is 5.75 Å². The molecule has 0 amide bonds. The van der Waals surface area contributed by atoms with Crippen molar-refractivity contribution in [3.63, 3.8) is 0 Å². The number of carbonyl (C=O) groups is 1. The highest BCUT2D eigenvalue weighted by Crippen LogP contribution is 2.36. The maximum absolute atomic E-state index is 12.0. The van der Waals surface area contributed by atoms with Gasteiger partial charge < -0.3 is 20.1 Å². The molecule has 0 radical (unpaired) electrons. The summed E-state index contributed by atoms with van der Waals surface area (Å²) < 4.78 is 5.51. The quantitative estimate of drug-likeness (QED) is 0.585. The number of Topliss-reactive ketones (excluding diaryl/α,β-unsaturated/α-hetero) is 1. The molecule has 1 aliphatic rings. The first-order valence-electron chi connectivity index (χ1n) is 7.14. The van der Waals surface area contributed by atoms with Crippen LogP contribution in [0.4, 0.5) is 5.69 Å². The summed E-state index contributed by atoms with van der Waals surface area (Å²) in [7, 11) is 0. The van der Waals surface area contributed by atoms with E-state index in [2.05, 4.69) is 4.99 Å². The minimum atomic E-state index is -0.598. The van der Waals surface area contributed by atoms with Gasteiger partial charge in [0.05, 0.1) is 17.9 Å². The molecule has 1 heterocycles. The lowest BCUT2D eigenvalue weighted by Crippen LogP contribution is -1.96. The predicted octanol–water partition coefficient (Wildman–Crippen LogP) is 2.91. The summed E-state index contributed by atoms with van der Waals surface area (Å²) in [6, 6.07) is 7.71. The van der Waals surface area contributed by atoms with Crippen LogP contribution in [-0.2, 0) is 0 Å². The van der Waals surface area contributed by atoms with Gasteiger partial charge in [0, 0.05) is 18.2 Å². The zero-order chi connectivity index (χ0) is 16.4. The molecule has 118 valence electrons. The van der Waals surface area contributed by atoms with Crippen molar-refractivity contribution in [1.29, 1.82) is 0 Å². The average Bonchev–Trinajstić information content (AvgIpc) is 2.74. The number of fused-ring (bicyclic) bond motifs is 1. The Bertz CT molecular complexity index is 798. The van der Waals surface area contributed by atoms with E-state index in [9.17, 15) is 20.1 Å². The Balaban J connectivity index is 1.92. The molecule has 0 unspecified atom stereocenters. The largest absolute Gasteiger partial charge is 0.504 e. The highest BCUT2D eigenvalue weighted by atomic mass is 16.5. The molecule has 2 aromatic rings. The molecule has 2 aromatic carbocycles. The van der Waals surface area contributed by atoms with Crippen LogP contribution < -0.4 is 4.74 Å². The third kappa shape index (κ3) is 2.96. The van der Waals surface area contributed by atoms with E-state index in [1.807, 2.05) is 0 Å². The van der Waals surface area contributed by atoms with Gasteiger partial charge in [-0.3, -0.25) is 9.79 Å². The van der Waals surface area contributed by atoms with E-state index in [-0.39, 0.29) is 11.3 Å². The van der Waals surface area contributed by atoms with E-state index < -0.39 is 17.2 Å². The van der Waals surface area contributed by atoms with Crippen LogP contribution in [0.15, 0.2) is 35.3 Å². The van der Waals surface area contributed by atoms with E-state index in [0.29, 0.717) is 36.4 Å². The Kier molecular flexibility index (Phi) is 3.89. The van der Waals surface area contributed by atoms with Gasteiger partial charge in [-0.2, -0.15) is 0 Å². The maximum Gasteiger partial charge on any atom is 0.200 e. The minimum Gasteiger partial charge on any atom is -0.504 e. The van der Waals surface area contributed by atoms with Crippen molar-refractivity contribution in [2.24, 2.45) is 4.99 Å². The molecule has 3 N–H and O–H groups in total. The molecule has 0 aliphatic carbocycles. The number of phenols is 3. The minimum absolute atomic E-state index is 0.0136. The average molecular weight is 313 g/mol. The number of carbonyl (C=O) groups excluding carboxylic acids is 1. The zero-order valence-corrected chi connectivity index (χ0v) is 12.2. The van der Waals surface area contributed by atoms with E-state index in [1.165, 1.54) is 18.3 Å². The van der Waals surface area contributed by atoms with Gasteiger partial charge in [-0.05, 0) is 36.8 Å². The van der Waals surface area contributed by atoms with Crippen molar-refractivity contribution < 1.29 is 24.9 Å². The van der Waals surface area contributed by atoms with Gasteiger partial charge >= 0.3 is 0 Å². The summed E-state index contributed by atoms with van der Waals surface area (Å²) in [4.78, 5) is 16.2. The fourth-order valence-electron chi connectivity index (χ4n) is 2.32. The molecule has 0 aromatic heterocycles. The molecule has 0 atom stereocenters. The van der Waals surface area contributed by atoms with Crippen molar-refractivity contribution >= 4 is 17.7 Å². The van der Waals surface area contributed by atoms with Crippen LogP contribution in [0.2, 0.25) is 0 Å². The van der Waals surface area contributed by atoms with E-state index in [0.717, 1.165) is 0 Å². The molecule has 23 heavy (non-hydrogen) atoms. The van der Waals surface area contributed by atoms with E-state index >= 15 is 0 Å². The van der Waals surface area contributed by atoms with Gasteiger partial charge in [-0.25, -0.2) is 0 Å². The number of hydrogen-bond acceptors (Lipinski definition) is 6. The zero-order valence-electron chi connectivity index (χ0n) is 12.2. The lowest BCUT2D eigenvalue weighted by Gasteiger charge is -2.06. The topological polar surface area (TPSA) is 99.4 Å². The molecule has 6 nitrogen and oxygen atoms in total. The highest BCUT2D eigenvalue weighted by Gasteiger charge is 2.17. The molecule has 0 fully saturated rings. The SMILES string of the molecule is O=C1CCCOc2ccc(N=Cc3ccc(O)c(O)c3O)cc21. The number of rotatable bonds is 2. The van der Waals surface area contributed by atoms with E-state index in [1.54, 1.807) is 18.2 Å². The molecule has 6 heteroatoms. The van der Waals surface area contributed by atoms with Gasteiger partial charge in [-0.15, -0.1) is 0 Å². The molecule has 0 bridgehead atoms. The second kappa shape index (κ2) is 6.00. The van der Waals surface area contributed by atoms with Crippen molar-refractivity contribution in [1.82, 2.24) is 0 Å². The predicted molar refractivity (Wildman–Crippen MR) is 84.2 cm³/mol. The molecule has 3 rings (SSSR count). The second-order valence-electron chi connectivity index (χ2n) is 5.18. The standard InChI is InChI=1S/C17H15NO5/c19-13-2-1-7-23-15-6-4-11(8-12(13)15)18-9-10-3-5-14(20)17(22)16(10)21/h3-6,8-9,20-22H,1-2,7H2. The fourth-order valence-corrected chi connectivity index (χ4v) is 2.32. The number of benzene rings is 2. The van der Waals surface area contributed by atoms with Crippen LogP contribution in [0.3, 0.4) is 0 Å². The number of ether oxygens (including phenoxy) is 1. The molecular weight excluding hydrogens is 298 g/mol. The normalized spacial score (nSPS) is 14.3. The molecule has 0 saturated heterocycles. The first-order valence-corrected chi connectivity index (χ1v) is 7.14. The summed E-state index contributed by atoms with van der Waals surface area (Å²) >= 11 is 0. The number of nitrogens with zero attached hydrogens (tertiary/aromatic N) is 1. The summed E-state index contributed by atoms with van der Waals surface area (Å²) in [6.45, 7) is 0.516. The third-order valence-corrected chi connectivity index (χ3v) is 3.58. The summed E-state index contributed by atoms with van der Waals surface area (Å²) in [6.07, 6.45) is 2.47. The first-order chi connectivity index (χ1) is 11.1. The third-order valence-electron chi connectivity index (χ3n) is 3.58. The molecule has 0 spiro atoms. The van der Waals surface area contributed by atoms with Crippen LogP contribution in [0, 0.1) is 0 Å². The number of hydrogen-bond donors (Lipinski definition) is 3. The number of aromatic hydroxyl groups is 3. The van der Waals surface area contributed by atoms with Crippen LogP contribution in [-0.4, -0.2) is 33.9 Å². The number of phenolic OH excluding ortho intramolecular Hbond substituents is 3. The molecule has 0 saturated carbocycles. The Morgan fingerprint density at radius 2 is 1.91 bits per heavy atom. The Labute approximate surface area is 132 Å². The smallest absolute Gasteiger partial charge is 0.200 e. The summed E-state index contributed by atoms with van der Waals surface area (Å²) in [5, 5.41) is 28.5. The lowest BCUT2D eigenvalue weighted by atomic mass is 10.1. The maximum atomic E-state index is 12.0. The lowest BCUT2D eigenvalue weighted by molar-refractivity contribution is 0.0983. The van der Waals surface area contributed by atoms with Gasteiger partial charge in [0.15, 0.2) is 17.3 Å². The monoisotopic (exact) mass is 313 g/mol. The van der Waals surface area contributed by atoms with Crippen molar-refractivity contribution in [2.75, 3.05) is 6.61 Å². The first kappa shape index (κ1) is 14.9. The van der Waals surface area contributed by atoms with Gasteiger partial charge in [0.2, 0.25) is 5.75 Å². The Hall–Kier alpha value is -3.02. The van der Waals surface area contributed by atoms with Crippen LogP contribution >= 0.6 is 0 Å². The van der Waals surface area contributed by atoms with Crippen LogP contribution in [0.5, 0.6) is 23.0 Å². The van der Waals surface area contributed by atoms with Crippen molar-refractivity contribution in [2.45, 2.75) is 12.8 Å². The number of ketones is 1. The van der Waals surface area contributed by atoms with Crippen LogP contribution in [0.25, 0.3) is 0 Å². The molecular formula is C17H15NO5. The second-order valence-corrected chi connectivity index (χ2v) is 5.18. The summed E-state index contributed by atoms with van der Waals surface area (Å²) in [5.74, 6) is -0.897.